The zero-order valence-corrected chi connectivity index (χ0v) is 10.5. The van der Waals surface area contributed by atoms with Gasteiger partial charge in [-0.05, 0) is 37.9 Å². The zero-order chi connectivity index (χ0) is 10.3. The molecule has 0 aliphatic rings. The molecule has 2 nitrogen and oxygen atoms in total. The van der Waals surface area contributed by atoms with Crippen molar-refractivity contribution in [2.24, 2.45) is 5.92 Å². The van der Waals surface area contributed by atoms with Crippen LogP contribution in [0.2, 0.25) is 19.1 Å². The molecular formula is C10H24O2Si. The summed E-state index contributed by atoms with van der Waals surface area (Å²) in [6.07, 6.45) is 1.86. The lowest BCUT2D eigenvalue weighted by atomic mass is 10.3. The maximum atomic E-state index is 8.60. The van der Waals surface area contributed by atoms with Gasteiger partial charge in [0.2, 0.25) is 0 Å². The molecule has 0 amide bonds. The fourth-order valence-electron chi connectivity index (χ4n) is 1.60. The average Bonchev–Trinajstić information content (AvgIpc) is 1.95. The highest BCUT2D eigenvalue weighted by atomic mass is 28.4. The highest BCUT2D eigenvalue weighted by molar-refractivity contribution is 6.71. The number of aliphatic hydroxyl groups is 1. The SMILES string of the molecule is CC(C)C[Si](C)(C)OCCCCO. The molecule has 0 fully saturated rings. The molecule has 0 aliphatic carbocycles. The maximum Gasteiger partial charge on any atom is 0.186 e. The number of aliphatic hydroxyl groups excluding tert-OH is 1. The predicted molar refractivity (Wildman–Crippen MR) is 59.4 cm³/mol. The summed E-state index contributed by atoms with van der Waals surface area (Å²) in [5.74, 6) is 0.736. The van der Waals surface area contributed by atoms with Crippen molar-refractivity contribution in [3.63, 3.8) is 0 Å². The van der Waals surface area contributed by atoms with E-state index in [1.54, 1.807) is 0 Å². The van der Waals surface area contributed by atoms with E-state index in [9.17, 15) is 0 Å². The third kappa shape index (κ3) is 8.47. The van der Waals surface area contributed by atoms with E-state index in [4.69, 9.17) is 9.53 Å². The predicted octanol–water partition coefficient (Wildman–Crippen LogP) is 2.64. The molecule has 0 spiro atoms. The van der Waals surface area contributed by atoms with Gasteiger partial charge < -0.3 is 9.53 Å². The molecule has 0 bridgehead atoms. The van der Waals surface area contributed by atoms with Gasteiger partial charge in [-0.1, -0.05) is 13.8 Å². The number of rotatable bonds is 7. The van der Waals surface area contributed by atoms with E-state index < -0.39 is 8.32 Å². The van der Waals surface area contributed by atoms with Crippen LogP contribution in [0, 0.1) is 5.92 Å². The van der Waals surface area contributed by atoms with Crippen molar-refractivity contribution < 1.29 is 9.53 Å². The van der Waals surface area contributed by atoms with Crippen molar-refractivity contribution in [1.82, 2.24) is 0 Å². The second-order valence-corrected chi connectivity index (χ2v) is 8.85. The van der Waals surface area contributed by atoms with Crippen LogP contribution < -0.4 is 0 Å². The van der Waals surface area contributed by atoms with Gasteiger partial charge in [0.1, 0.15) is 0 Å². The highest BCUT2D eigenvalue weighted by Gasteiger charge is 2.23. The first-order chi connectivity index (χ1) is 5.98. The molecule has 0 atom stereocenters. The molecule has 0 rings (SSSR count). The van der Waals surface area contributed by atoms with Gasteiger partial charge in [0.15, 0.2) is 8.32 Å². The number of unbranched alkanes of at least 4 members (excludes halogenated alkanes) is 1. The highest BCUT2D eigenvalue weighted by Crippen LogP contribution is 2.17. The molecule has 0 aromatic carbocycles. The maximum absolute atomic E-state index is 8.60. The Morgan fingerprint density at radius 2 is 1.85 bits per heavy atom. The Bertz CT molecular complexity index is 124. The lowest BCUT2D eigenvalue weighted by Crippen LogP contribution is -2.32. The summed E-state index contributed by atoms with van der Waals surface area (Å²) in [6, 6.07) is 1.23. The third-order valence-corrected chi connectivity index (χ3v) is 4.73. The van der Waals surface area contributed by atoms with Crippen LogP contribution in [-0.4, -0.2) is 26.6 Å². The van der Waals surface area contributed by atoms with Crippen LogP contribution in [0.5, 0.6) is 0 Å². The van der Waals surface area contributed by atoms with E-state index in [0.717, 1.165) is 25.4 Å². The van der Waals surface area contributed by atoms with Crippen LogP contribution in [0.3, 0.4) is 0 Å². The van der Waals surface area contributed by atoms with Gasteiger partial charge >= 0.3 is 0 Å². The fourth-order valence-corrected chi connectivity index (χ4v) is 4.39. The molecule has 13 heavy (non-hydrogen) atoms. The van der Waals surface area contributed by atoms with Crippen molar-refractivity contribution in [2.45, 2.75) is 45.8 Å². The van der Waals surface area contributed by atoms with E-state index in [1.807, 2.05) is 0 Å². The van der Waals surface area contributed by atoms with Crippen LogP contribution in [-0.2, 0) is 4.43 Å². The first-order valence-corrected chi connectivity index (χ1v) is 8.34. The lowest BCUT2D eigenvalue weighted by molar-refractivity contribution is 0.247. The Balaban J connectivity index is 3.50. The molecule has 0 aromatic heterocycles. The second kappa shape index (κ2) is 6.57. The van der Waals surface area contributed by atoms with Crippen LogP contribution in [0.1, 0.15) is 26.7 Å². The minimum absolute atomic E-state index is 0.287. The van der Waals surface area contributed by atoms with Crippen molar-refractivity contribution in [3.8, 4) is 0 Å². The van der Waals surface area contributed by atoms with E-state index >= 15 is 0 Å². The summed E-state index contributed by atoms with van der Waals surface area (Å²) in [7, 11) is -1.40. The molecule has 80 valence electrons. The van der Waals surface area contributed by atoms with E-state index in [2.05, 4.69) is 26.9 Å². The molecule has 0 saturated heterocycles. The van der Waals surface area contributed by atoms with Crippen molar-refractivity contribution in [3.05, 3.63) is 0 Å². The van der Waals surface area contributed by atoms with Gasteiger partial charge in [0.25, 0.3) is 0 Å². The van der Waals surface area contributed by atoms with E-state index in [-0.39, 0.29) is 6.61 Å². The molecular weight excluding hydrogens is 180 g/mol. The zero-order valence-electron chi connectivity index (χ0n) is 9.47. The minimum Gasteiger partial charge on any atom is -0.417 e. The third-order valence-electron chi connectivity index (χ3n) is 1.95. The summed E-state index contributed by atoms with van der Waals surface area (Å²) in [6.45, 7) is 10.1. The molecule has 1 N–H and O–H groups in total. The monoisotopic (exact) mass is 204 g/mol. The number of hydrogen-bond acceptors (Lipinski definition) is 2. The van der Waals surface area contributed by atoms with Crippen LogP contribution in [0.4, 0.5) is 0 Å². The number of hydrogen-bond donors (Lipinski definition) is 1. The second-order valence-electron chi connectivity index (χ2n) is 4.64. The fraction of sp³-hybridized carbons (Fsp3) is 1.00. The minimum atomic E-state index is -1.40. The van der Waals surface area contributed by atoms with Crippen LogP contribution in [0.15, 0.2) is 0 Å². The van der Waals surface area contributed by atoms with Crippen molar-refractivity contribution in [1.29, 1.82) is 0 Å². The molecule has 0 aliphatic heterocycles. The van der Waals surface area contributed by atoms with Gasteiger partial charge in [-0.25, -0.2) is 0 Å². The Labute approximate surface area is 83.4 Å². The van der Waals surface area contributed by atoms with Gasteiger partial charge in [-0.15, -0.1) is 0 Å². The Kier molecular flexibility index (Phi) is 6.64. The average molecular weight is 204 g/mol. The summed E-state index contributed by atoms with van der Waals surface area (Å²) in [5.41, 5.74) is 0. The Morgan fingerprint density at radius 1 is 1.23 bits per heavy atom. The quantitative estimate of drug-likeness (QED) is 0.510. The van der Waals surface area contributed by atoms with Crippen LogP contribution in [0.25, 0.3) is 0 Å². The lowest BCUT2D eigenvalue weighted by Gasteiger charge is -2.24. The van der Waals surface area contributed by atoms with Gasteiger partial charge in [0, 0.05) is 13.2 Å². The topological polar surface area (TPSA) is 29.5 Å². The molecule has 0 aromatic rings. The van der Waals surface area contributed by atoms with Gasteiger partial charge in [0.05, 0.1) is 0 Å². The van der Waals surface area contributed by atoms with E-state index in [0.29, 0.717) is 0 Å². The van der Waals surface area contributed by atoms with Crippen molar-refractivity contribution >= 4 is 8.32 Å². The summed E-state index contributed by atoms with van der Waals surface area (Å²) in [5, 5.41) is 8.60. The standard InChI is InChI=1S/C10H24O2Si/c1-10(2)9-13(3,4)12-8-6-5-7-11/h10-11H,5-9H2,1-4H3. The van der Waals surface area contributed by atoms with Gasteiger partial charge in [-0.2, -0.15) is 0 Å². The molecule has 0 unspecified atom stereocenters. The first kappa shape index (κ1) is 13.1. The Morgan fingerprint density at radius 3 is 2.31 bits per heavy atom. The molecule has 3 heteroatoms. The summed E-state index contributed by atoms with van der Waals surface area (Å²) in [4.78, 5) is 0. The van der Waals surface area contributed by atoms with Crippen LogP contribution >= 0.6 is 0 Å². The smallest absolute Gasteiger partial charge is 0.186 e. The first-order valence-electron chi connectivity index (χ1n) is 5.23. The molecule has 0 radical (unpaired) electrons. The molecule has 0 saturated carbocycles. The summed E-state index contributed by atoms with van der Waals surface area (Å²) < 4.78 is 5.87. The summed E-state index contributed by atoms with van der Waals surface area (Å²) >= 11 is 0. The largest absolute Gasteiger partial charge is 0.417 e. The Hall–Kier alpha value is 0.137. The van der Waals surface area contributed by atoms with Crippen molar-refractivity contribution in [2.75, 3.05) is 13.2 Å². The van der Waals surface area contributed by atoms with E-state index in [1.165, 1.54) is 6.04 Å². The molecule has 0 heterocycles. The normalized spacial score (nSPS) is 12.5. The van der Waals surface area contributed by atoms with Gasteiger partial charge in [-0.3, -0.25) is 0 Å².